The summed E-state index contributed by atoms with van der Waals surface area (Å²) in [5.74, 6) is 2.75. The average molecular weight is 257 g/mol. The minimum absolute atomic E-state index is 0.305. The highest BCUT2D eigenvalue weighted by Gasteiger charge is 2.28. The van der Waals surface area contributed by atoms with Crippen LogP contribution in [0.2, 0.25) is 0 Å². The van der Waals surface area contributed by atoms with Crippen molar-refractivity contribution in [3.8, 4) is 0 Å². The number of pyridine rings is 1. The molecule has 1 aliphatic heterocycles. The smallest absolute Gasteiger partial charge is 0.132 e. The molecule has 2 heterocycles. The molecule has 2 rings (SSSR count). The van der Waals surface area contributed by atoms with Gasteiger partial charge in [0, 0.05) is 35.3 Å². The number of anilines is 1. The van der Waals surface area contributed by atoms with Gasteiger partial charge in [0.2, 0.25) is 0 Å². The number of thioether (sulfide) groups is 1. The molecule has 0 aliphatic carbocycles. The molecule has 0 aromatic carbocycles. The number of hydrogen-bond acceptors (Lipinski definition) is 3. The van der Waals surface area contributed by atoms with E-state index in [1.807, 2.05) is 24.0 Å². The highest BCUT2D eigenvalue weighted by atomic mass is 35.5. The van der Waals surface area contributed by atoms with Crippen LogP contribution in [0.25, 0.3) is 0 Å². The Labute approximate surface area is 106 Å². The first kappa shape index (κ1) is 12.1. The summed E-state index contributed by atoms with van der Waals surface area (Å²) in [6.45, 7) is 6.67. The largest absolute Gasteiger partial charge is 0.354 e. The topological polar surface area (TPSA) is 16.1 Å². The van der Waals surface area contributed by atoms with E-state index in [9.17, 15) is 0 Å². The van der Waals surface area contributed by atoms with Gasteiger partial charge in [0.25, 0.3) is 0 Å². The molecule has 4 heteroatoms. The van der Waals surface area contributed by atoms with Crippen molar-refractivity contribution in [2.75, 3.05) is 23.7 Å². The van der Waals surface area contributed by atoms with Gasteiger partial charge in [0.1, 0.15) is 5.82 Å². The first-order chi connectivity index (χ1) is 7.62. The van der Waals surface area contributed by atoms with Crippen LogP contribution in [-0.4, -0.2) is 28.6 Å². The zero-order chi connectivity index (χ0) is 11.6. The van der Waals surface area contributed by atoms with Gasteiger partial charge in [0.05, 0.1) is 5.88 Å². The van der Waals surface area contributed by atoms with E-state index in [1.165, 1.54) is 0 Å². The SMILES string of the molecule is CC1(C)CN(c2ncccc2CCl)CCS1. The first-order valence-corrected chi connectivity index (χ1v) is 7.03. The second kappa shape index (κ2) is 4.84. The molecule has 0 N–H and O–H groups in total. The molecule has 0 saturated carbocycles. The van der Waals surface area contributed by atoms with Crippen molar-refractivity contribution in [2.45, 2.75) is 24.5 Å². The fourth-order valence-electron chi connectivity index (χ4n) is 2.02. The van der Waals surface area contributed by atoms with Crippen LogP contribution in [0.15, 0.2) is 18.3 Å². The molecule has 1 aliphatic rings. The Morgan fingerprint density at radius 2 is 2.38 bits per heavy atom. The van der Waals surface area contributed by atoms with Crippen molar-refractivity contribution in [2.24, 2.45) is 0 Å². The zero-order valence-corrected chi connectivity index (χ0v) is 11.3. The van der Waals surface area contributed by atoms with E-state index in [0.717, 1.165) is 30.2 Å². The highest BCUT2D eigenvalue weighted by molar-refractivity contribution is 8.00. The van der Waals surface area contributed by atoms with Crippen molar-refractivity contribution >= 4 is 29.2 Å². The van der Waals surface area contributed by atoms with Crippen LogP contribution < -0.4 is 4.90 Å². The summed E-state index contributed by atoms with van der Waals surface area (Å²) in [7, 11) is 0. The molecule has 0 spiro atoms. The Morgan fingerprint density at radius 1 is 1.56 bits per heavy atom. The van der Waals surface area contributed by atoms with Crippen LogP contribution in [0.1, 0.15) is 19.4 Å². The molecule has 0 unspecified atom stereocenters. The summed E-state index contributed by atoms with van der Waals surface area (Å²) in [5.41, 5.74) is 1.13. The van der Waals surface area contributed by atoms with Crippen LogP contribution >= 0.6 is 23.4 Å². The van der Waals surface area contributed by atoms with Gasteiger partial charge in [-0.25, -0.2) is 4.98 Å². The third-order valence-corrected chi connectivity index (χ3v) is 4.32. The quantitative estimate of drug-likeness (QED) is 0.757. The fraction of sp³-hybridized carbons (Fsp3) is 0.583. The van der Waals surface area contributed by atoms with Crippen LogP contribution in [0.5, 0.6) is 0 Å². The number of aromatic nitrogens is 1. The van der Waals surface area contributed by atoms with Crippen LogP contribution in [0.4, 0.5) is 5.82 Å². The van der Waals surface area contributed by atoms with Crippen LogP contribution in [0.3, 0.4) is 0 Å². The summed E-state index contributed by atoms with van der Waals surface area (Å²) in [4.78, 5) is 6.83. The van der Waals surface area contributed by atoms with Gasteiger partial charge in [-0.2, -0.15) is 11.8 Å². The van der Waals surface area contributed by atoms with Gasteiger partial charge in [-0.1, -0.05) is 6.07 Å². The molecular formula is C12H17ClN2S. The van der Waals surface area contributed by atoms with E-state index in [-0.39, 0.29) is 0 Å². The second-order valence-electron chi connectivity index (χ2n) is 4.65. The van der Waals surface area contributed by atoms with Crippen molar-refractivity contribution in [3.63, 3.8) is 0 Å². The summed E-state index contributed by atoms with van der Waals surface area (Å²) in [6.07, 6.45) is 1.85. The Kier molecular flexibility index (Phi) is 3.65. The summed E-state index contributed by atoms with van der Waals surface area (Å²) in [5, 5.41) is 0. The Morgan fingerprint density at radius 3 is 3.06 bits per heavy atom. The predicted octanol–water partition coefficient (Wildman–Crippen LogP) is 3.15. The molecule has 1 aromatic rings. The second-order valence-corrected chi connectivity index (χ2v) is 6.72. The highest BCUT2D eigenvalue weighted by Crippen LogP contribution is 2.32. The fourth-order valence-corrected chi connectivity index (χ4v) is 3.34. The van der Waals surface area contributed by atoms with E-state index in [2.05, 4.69) is 29.8 Å². The van der Waals surface area contributed by atoms with Gasteiger partial charge in [-0.3, -0.25) is 0 Å². The summed E-state index contributed by atoms with van der Waals surface area (Å²) < 4.78 is 0.305. The maximum absolute atomic E-state index is 5.95. The standard InChI is InChI=1S/C12H17ClN2S/c1-12(2)9-15(6-7-16-12)11-10(8-13)4-3-5-14-11/h3-5H,6-9H2,1-2H3. The van der Waals surface area contributed by atoms with E-state index in [1.54, 1.807) is 0 Å². The van der Waals surface area contributed by atoms with Crippen molar-refractivity contribution in [3.05, 3.63) is 23.9 Å². The Bertz CT molecular complexity index is 368. The third kappa shape index (κ3) is 2.64. The van der Waals surface area contributed by atoms with Crippen molar-refractivity contribution < 1.29 is 0 Å². The van der Waals surface area contributed by atoms with Crippen LogP contribution in [0, 0.1) is 0 Å². The van der Waals surface area contributed by atoms with Gasteiger partial charge in [-0.05, 0) is 19.9 Å². The van der Waals surface area contributed by atoms with E-state index < -0.39 is 0 Å². The van der Waals surface area contributed by atoms with Gasteiger partial charge >= 0.3 is 0 Å². The lowest BCUT2D eigenvalue weighted by Crippen LogP contribution is -2.43. The summed E-state index contributed by atoms with van der Waals surface area (Å²) in [6, 6.07) is 4.01. The number of halogens is 1. The van der Waals surface area contributed by atoms with Gasteiger partial charge in [0.15, 0.2) is 0 Å². The Hall–Kier alpha value is -0.410. The van der Waals surface area contributed by atoms with Crippen LogP contribution in [-0.2, 0) is 5.88 Å². The maximum atomic E-state index is 5.95. The van der Waals surface area contributed by atoms with Crippen molar-refractivity contribution in [1.82, 2.24) is 4.98 Å². The minimum Gasteiger partial charge on any atom is -0.354 e. The molecule has 0 atom stereocenters. The normalized spacial score (nSPS) is 19.8. The number of alkyl halides is 1. The maximum Gasteiger partial charge on any atom is 0.132 e. The Balaban J connectivity index is 2.23. The molecule has 0 amide bonds. The zero-order valence-electron chi connectivity index (χ0n) is 9.74. The molecule has 2 nitrogen and oxygen atoms in total. The monoisotopic (exact) mass is 256 g/mol. The lowest BCUT2D eigenvalue weighted by Gasteiger charge is -2.38. The molecule has 1 aromatic heterocycles. The molecule has 1 saturated heterocycles. The summed E-state index contributed by atoms with van der Waals surface area (Å²) >= 11 is 7.98. The van der Waals surface area contributed by atoms with E-state index in [0.29, 0.717) is 10.6 Å². The molecule has 16 heavy (non-hydrogen) atoms. The molecule has 0 bridgehead atoms. The number of hydrogen-bond donors (Lipinski definition) is 0. The third-order valence-electron chi connectivity index (χ3n) is 2.74. The lowest BCUT2D eigenvalue weighted by molar-refractivity contribution is 0.641. The predicted molar refractivity (Wildman–Crippen MR) is 72.5 cm³/mol. The van der Waals surface area contributed by atoms with Gasteiger partial charge < -0.3 is 4.90 Å². The molecule has 88 valence electrons. The minimum atomic E-state index is 0.305. The number of nitrogens with zero attached hydrogens (tertiary/aromatic N) is 2. The van der Waals surface area contributed by atoms with E-state index >= 15 is 0 Å². The van der Waals surface area contributed by atoms with E-state index in [4.69, 9.17) is 11.6 Å². The molecule has 0 radical (unpaired) electrons. The first-order valence-electron chi connectivity index (χ1n) is 5.51. The molecular weight excluding hydrogens is 240 g/mol. The van der Waals surface area contributed by atoms with Crippen molar-refractivity contribution in [1.29, 1.82) is 0 Å². The average Bonchev–Trinajstić information content (AvgIpc) is 2.27. The molecule has 1 fully saturated rings. The van der Waals surface area contributed by atoms with Gasteiger partial charge in [-0.15, -0.1) is 11.6 Å². The number of rotatable bonds is 2. The lowest BCUT2D eigenvalue weighted by atomic mass is 10.1.